The molecule has 1 aliphatic carbocycles. The summed E-state index contributed by atoms with van der Waals surface area (Å²) in [6, 6.07) is 13.6. The second-order valence-corrected chi connectivity index (χ2v) is 7.27. The molecule has 1 unspecified atom stereocenters. The Kier molecular flexibility index (Phi) is 5.31. The summed E-state index contributed by atoms with van der Waals surface area (Å²) in [5.74, 6) is 0.358. The lowest BCUT2D eigenvalue weighted by Crippen LogP contribution is -2.46. The Labute approximate surface area is 173 Å². The molecule has 0 saturated heterocycles. The van der Waals surface area contributed by atoms with Crippen molar-refractivity contribution in [2.45, 2.75) is 25.3 Å². The van der Waals surface area contributed by atoms with Gasteiger partial charge in [0.2, 0.25) is 0 Å². The molecule has 2 aliphatic rings. The number of hydrogen-bond donors (Lipinski definition) is 2. The van der Waals surface area contributed by atoms with Crippen molar-refractivity contribution in [2.75, 3.05) is 7.11 Å². The number of nitrogens with one attached hydrogen (secondary N) is 2. The summed E-state index contributed by atoms with van der Waals surface area (Å²) in [7, 11) is 1.51. The number of allylic oxidation sites excluding steroid dienone is 1. The Balaban J connectivity index is 1.65. The number of methoxy groups -OCH3 is 1. The number of benzene rings is 2. The van der Waals surface area contributed by atoms with E-state index in [1.807, 2.05) is 12.1 Å². The third-order valence-electron chi connectivity index (χ3n) is 5.02. The maximum Gasteiger partial charge on any atom is 0.343 e. The number of thiocarbonyl (C=S) groups is 1. The highest BCUT2D eigenvalue weighted by atomic mass is 32.1. The number of esters is 1. The molecule has 1 heterocycles. The lowest BCUT2D eigenvalue weighted by molar-refractivity contribution is -0.116. The quantitative estimate of drug-likeness (QED) is 0.456. The van der Waals surface area contributed by atoms with E-state index in [-0.39, 0.29) is 11.8 Å². The van der Waals surface area contributed by atoms with E-state index in [0.717, 1.165) is 24.1 Å². The van der Waals surface area contributed by atoms with Crippen molar-refractivity contribution in [3.8, 4) is 11.5 Å². The van der Waals surface area contributed by atoms with Crippen LogP contribution in [-0.2, 0) is 4.79 Å². The van der Waals surface area contributed by atoms with E-state index in [2.05, 4.69) is 10.6 Å². The van der Waals surface area contributed by atoms with Crippen molar-refractivity contribution in [3.05, 3.63) is 70.9 Å². The zero-order valence-corrected chi connectivity index (χ0v) is 16.7. The fourth-order valence-electron chi connectivity index (χ4n) is 3.64. The molecule has 1 atom stereocenters. The molecule has 2 aromatic rings. The van der Waals surface area contributed by atoms with Gasteiger partial charge >= 0.3 is 5.97 Å². The van der Waals surface area contributed by atoms with Gasteiger partial charge in [0.25, 0.3) is 0 Å². The topological polar surface area (TPSA) is 76.7 Å². The monoisotopic (exact) mass is 408 g/mol. The van der Waals surface area contributed by atoms with Gasteiger partial charge in [-0.15, -0.1) is 0 Å². The van der Waals surface area contributed by atoms with Crippen LogP contribution in [0.1, 0.15) is 41.2 Å². The first-order valence-electron chi connectivity index (χ1n) is 9.35. The SMILES string of the molecule is COc1cc(C2NC(=S)NC3=C2C(=O)CCC3)ccc1OC(=O)c1ccccc1. The number of Topliss-reactive ketones (excluding diaryl/α,β-unsaturated/α-hetero) is 1. The van der Waals surface area contributed by atoms with Crippen molar-refractivity contribution < 1.29 is 19.1 Å². The van der Waals surface area contributed by atoms with Crippen LogP contribution in [0.4, 0.5) is 0 Å². The van der Waals surface area contributed by atoms with Gasteiger partial charge in [-0.25, -0.2) is 4.79 Å². The Hall–Kier alpha value is -3.19. The summed E-state index contributed by atoms with van der Waals surface area (Å²) in [5.41, 5.74) is 2.86. The number of carbonyl (C=O) groups excluding carboxylic acids is 2. The summed E-state index contributed by atoms with van der Waals surface area (Å²) in [6.07, 6.45) is 2.14. The summed E-state index contributed by atoms with van der Waals surface area (Å²) >= 11 is 5.32. The standard InChI is InChI=1S/C22H20N2O4S/c1-27-18-12-14(10-11-17(18)28-21(26)13-6-3-2-4-7-13)20-19-15(23-22(29)24-20)8-5-9-16(19)25/h2-4,6-7,10-12,20H,5,8-9H2,1H3,(H2,23,24,29). The number of ether oxygens (including phenoxy) is 2. The summed E-state index contributed by atoms with van der Waals surface area (Å²) < 4.78 is 11.0. The molecule has 2 aromatic carbocycles. The van der Waals surface area contributed by atoms with Gasteiger partial charge in [0.05, 0.1) is 18.7 Å². The fraction of sp³-hybridized carbons (Fsp3) is 0.227. The van der Waals surface area contributed by atoms with Crippen LogP contribution in [0.25, 0.3) is 0 Å². The average Bonchev–Trinajstić information content (AvgIpc) is 2.74. The van der Waals surface area contributed by atoms with Crippen LogP contribution in [0.2, 0.25) is 0 Å². The number of rotatable bonds is 4. The van der Waals surface area contributed by atoms with Crippen LogP contribution >= 0.6 is 12.2 Å². The molecule has 29 heavy (non-hydrogen) atoms. The minimum absolute atomic E-state index is 0.109. The molecule has 0 radical (unpaired) electrons. The minimum Gasteiger partial charge on any atom is -0.493 e. The smallest absolute Gasteiger partial charge is 0.343 e. The lowest BCUT2D eigenvalue weighted by atomic mass is 9.85. The van der Waals surface area contributed by atoms with E-state index in [1.165, 1.54) is 7.11 Å². The highest BCUT2D eigenvalue weighted by Gasteiger charge is 2.33. The molecule has 0 spiro atoms. The van der Waals surface area contributed by atoms with Crippen LogP contribution in [-0.4, -0.2) is 24.0 Å². The first kappa shape index (κ1) is 19.1. The van der Waals surface area contributed by atoms with E-state index < -0.39 is 5.97 Å². The van der Waals surface area contributed by atoms with Gasteiger partial charge in [-0.1, -0.05) is 24.3 Å². The molecule has 148 valence electrons. The van der Waals surface area contributed by atoms with Gasteiger partial charge in [0.15, 0.2) is 22.4 Å². The molecule has 0 aromatic heterocycles. The second kappa shape index (κ2) is 8.05. The van der Waals surface area contributed by atoms with E-state index in [0.29, 0.717) is 34.2 Å². The highest BCUT2D eigenvalue weighted by Crippen LogP contribution is 2.37. The summed E-state index contributed by atoms with van der Waals surface area (Å²) in [6.45, 7) is 0. The van der Waals surface area contributed by atoms with E-state index in [4.69, 9.17) is 21.7 Å². The van der Waals surface area contributed by atoms with Gasteiger partial charge in [0, 0.05) is 17.7 Å². The molecular weight excluding hydrogens is 388 g/mol. The normalized spacial score (nSPS) is 18.4. The zero-order valence-electron chi connectivity index (χ0n) is 15.9. The predicted molar refractivity (Wildman–Crippen MR) is 112 cm³/mol. The maximum absolute atomic E-state index is 12.6. The molecule has 1 aliphatic heterocycles. The van der Waals surface area contributed by atoms with Crippen LogP contribution in [0.3, 0.4) is 0 Å². The minimum atomic E-state index is -0.467. The fourth-order valence-corrected chi connectivity index (χ4v) is 3.88. The number of carbonyl (C=O) groups is 2. The third kappa shape index (κ3) is 3.86. The molecule has 2 N–H and O–H groups in total. The second-order valence-electron chi connectivity index (χ2n) is 6.87. The Morgan fingerprint density at radius 2 is 1.90 bits per heavy atom. The molecule has 0 amide bonds. The van der Waals surface area contributed by atoms with Gasteiger partial charge in [-0.3, -0.25) is 4.79 Å². The van der Waals surface area contributed by atoms with E-state index in [1.54, 1.807) is 36.4 Å². The van der Waals surface area contributed by atoms with Crippen LogP contribution in [0, 0.1) is 0 Å². The molecule has 7 heteroatoms. The van der Waals surface area contributed by atoms with Gasteiger partial charge in [0.1, 0.15) is 0 Å². The molecule has 0 fully saturated rings. The average molecular weight is 408 g/mol. The molecule has 0 bridgehead atoms. The number of hydrogen-bond acceptors (Lipinski definition) is 5. The van der Waals surface area contributed by atoms with Crippen molar-refractivity contribution in [2.24, 2.45) is 0 Å². The van der Waals surface area contributed by atoms with E-state index >= 15 is 0 Å². The maximum atomic E-state index is 12.6. The van der Waals surface area contributed by atoms with Gasteiger partial charge in [-0.05, 0) is 54.9 Å². The summed E-state index contributed by atoms with van der Waals surface area (Å²) in [4.78, 5) is 24.9. The first-order valence-corrected chi connectivity index (χ1v) is 9.76. The molecule has 4 rings (SSSR count). The third-order valence-corrected chi connectivity index (χ3v) is 5.24. The Morgan fingerprint density at radius 3 is 2.66 bits per heavy atom. The van der Waals surface area contributed by atoms with Crippen molar-refractivity contribution in [3.63, 3.8) is 0 Å². The number of ketones is 1. The van der Waals surface area contributed by atoms with E-state index in [9.17, 15) is 9.59 Å². The van der Waals surface area contributed by atoms with Crippen LogP contribution in [0.15, 0.2) is 59.8 Å². The predicted octanol–water partition coefficient (Wildman–Crippen LogP) is 3.44. The Morgan fingerprint density at radius 1 is 1.10 bits per heavy atom. The Bertz CT molecular complexity index is 1020. The van der Waals surface area contributed by atoms with Crippen molar-refractivity contribution in [1.29, 1.82) is 0 Å². The molecular formula is C22H20N2O4S. The van der Waals surface area contributed by atoms with Crippen LogP contribution in [0.5, 0.6) is 11.5 Å². The molecule has 0 saturated carbocycles. The van der Waals surface area contributed by atoms with Gasteiger partial charge in [-0.2, -0.15) is 0 Å². The summed E-state index contributed by atoms with van der Waals surface area (Å²) in [5, 5.41) is 6.78. The largest absolute Gasteiger partial charge is 0.493 e. The first-order chi connectivity index (χ1) is 14.1. The van der Waals surface area contributed by atoms with Crippen molar-refractivity contribution >= 4 is 29.1 Å². The van der Waals surface area contributed by atoms with Gasteiger partial charge < -0.3 is 20.1 Å². The molecule has 6 nitrogen and oxygen atoms in total. The van der Waals surface area contributed by atoms with Crippen LogP contribution < -0.4 is 20.1 Å². The lowest BCUT2D eigenvalue weighted by Gasteiger charge is -2.34. The highest BCUT2D eigenvalue weighted by molar-refractivity contribution is 7.80. The zero-order chi connectivity index (χ0) is 20.4. The van der Waals surface area contributed by atoms with Crippen molar-refractivity contribution in [1.82, 2.24) is 10.6 Å².